The van der Waals surface area contributed by atoms with Crippen molar-refractivity contribution in [2.24, 2.45) is 0 Å². The highest BCUT2D eigenvalue weighted by Gasteiger charge is 2.18. The molecular weight excluding hydrogens is 312 g/mol. The van der Waals surface area contributed by atoms with E-state index in [1.54, 1.807) is 14.0 Å². The van der Waals surface area contributed by atoms with Gasteiger partial charge in [0, 0.05) is 38.3 Å². The number of nitrogens with zero attached hydrogens (tertiary/aromatic N) is 1. The Hall–Kier alpha value is -1.88. The number of ether oxygens (including phenoxy) is 1. The van der Waals surface area contributed by atoms with E-state index in [-0.39, 0.29) is 6.10 Å². The van der Waals surface area contributed by atoms with Gasteiger partial charge in [0.2, 0.25) is 0 Å². The van der Waals surface area contributed by atoms with Crippen molar-refractivity contribution in [1.82, 2.24) is 10.2 Å². The molecule has 0 aromatic heterocycles. The molecule has 2 aromatic carbocycles. The van der Waals surface area contributed by atoms with Crippen LogP contribution in [-0.4, -0.2) is 49.4 Å². The number of benzene rings is 2. The molecule has 4 nitrogen and oxygen atoms in total. The van der Waals surface area contributed by atoms with Gasteiger partial charge in [0.05, 0.1) is 13.2 Å². The topological polar surface area (TPSA) is 44.7 Å². The van der Waals surface area contributed by atoms with Gasteiger partial charge < -0.3 is 15.2 Å². The van der Waals surface area contributed by atoms with Crippen LogP contribution in [0.2, 0.25) is 0 Å². The lowest BCUT2D eigenvalue weighted by Crippen LogP contribution is -2.37. The maximum Gasteiger partial charge on any atom is 0.123 e. The molecule has 0 saturated carbocycles. The highest BCUT2D eigenvalue weighted by Crippen LogP contribution is 2.27. The molecule has 1 aliphatic heterocycles. The molecule has 3 rings (SSSR count). The first-order valence-corrected chi connectivity index (χ1v) is 8.96. The zero-order chi connectivity index (χ0) is 17.9. The van der Waals surface area contributed by atoms with Crippen molar-refractivity contribution in [2.75, 3.05) is 33.3 Å². The Kier molecular flexibility index (Phi) is 8.46. The summed E-state index contributed by atoms with van der Waals surface area (Å²) in [5.41, 5.74) is 2.74. The van der Waals surface area contributed by atoms with Gasteiger partial charge in [-0.15, -0.1) is 0 Å². The number of aliphatic hydroxyl groups excluding tert-OH is 1. The fraction of sp³-hybridized carbons (Fsp3) is 0.429. The fourth-order valence-electron chi connectivity index (χ4n) is 2.92. The van der Waals surface area contributed by atoms with E-state index >= 15 is 0 Å². The van der Waals surface area contributed by atoms with E-state index < -0.39 is 0 Å². The quantitative estimate of drug-likeness (QED) is 0.793. The lowest BCUT2D eigenvalue weighted by molar-refractivity contribution is 0.186. The molecule has 0 saturated heterocycles. The van der Waals surface area contributed by atoms with Crippen LogP contribution in [0.15, 0.2) is 54.6 Å². The minimum absolute atomic E-state index is 0.276. The Morgan fingerprint density at radius 3 is 2.40 bits per heavy atom. The van der Waals surface area contributed by atoms with Crippen LogP contribution in [-0.2, 0) is 13.0 Å². The summed E-state index contributed by atoms with van der Waals surface area (Å²) in [6, 6.07) is 18.3. The lowest BCUT2D eigenvalue weighted by Gasteiger charge is -2.29. The Morgan fingerprint density at radius 1 is 1.12 bits per heavy atom. The van der Waals surface area contributed by atoms with Crippen LogP contribution in [0.4, 0.5) is 0 Å². The monoisotopic (exact) mass is 342 g/mol. The standard InChI is InChI=1S/C15H24N2O2.C6H6/c1-12(18)10-16-7-9-17-8-6-13-4-3-5-15(19-2)14(13)11-17;1-2-4-6-5-3-1/h3-5,12,16,18H,6-11H2,1-2H3;1-6H. The number of methoxy groups -OCH3 is 1. The SMILES string of the molecule is COc1cccc2c1CN(CCNCC(C)O)CC2.c1ccccc1. The van der Waals surface area contributed by atoms with E-state index in [4.69, 9.17) is 4.74 Å². The third-order valence-electron chi connectivity index (χ3n) is 4.24. The summed E-state index contributed by atoms with van der Waals surface area (Å²) < 4.78 is 5.44. The van der Waals surface area contributed by atoms with Gasteiger partial charge in [0.25, 0.3) is 0 Å². The van der Waals surface area contributed by atoms with Crippen LogP contribution < -0.4 is 10.1 Å². The first kappa shape index (κ1) is 19.4. The van der Waals surface area contributed by atoms with Crippen molar-refractivity contribution in [3.8, 4) is 5.75 Å². The first-order valence-electron chi connectivity index (χ1n) is 8.96. The Labute approximate surface area is 151 Å². The zero-order valence-corrected chi connectivity index (χ0v) is 15.3. The van der Waals surface area contributed by atoms with Gasteiger partial charge in [0.1, 0.15) is 5.75 Å². The molecule has 2 N–H and O–H groups in total. The second-order valence-electron chi connectivity index (χ2n) is 6.33. The summed E-state index contributed by atoms with van der Waals surface area (Å²) in [7, 11) is 1.73. The van der Waals surface area contributed by atoms with E-state index in [0.717, 1.165) is 38.3 Å². The normalized spacial score (nSPS) is 14.8. The molecule has 1 aliphatic rings. The predicted octanol–water partition coefficient (Wildman–Crippen LogP) is 2.71. The van der Waals surface area contributed by atoms with Crippen molar-refractivity contribution in [3.63, 3.8) is 0 Å². The second kappa shape index (κ2) is 10.9. The van der Waals surface area contributed by atoms with E-state index in [9.17, 15) is 5.11 Å². The molecule has 0 bridgehead atoms. The Morgan fingerprint density at radius 2 is 1.80 bits per heavy atom. The van der Waals surface area contributed by atoms with Gasteiger partial charge in [-0.3, -0.25) is 4.90 Å². The number of nitrogens with one attached hydrogen (secondary N) is 1. The van der Waals surface area contributed by atoms with Crippen LogP contribution >= 0.6 is 0 Å². The second-order valence-corrected chi connectivity index (χ2v) is 6.33. The van der Waals surface area contributed by atoms with E-state index in [2.05, 4.69) is 22.3 Å². The molecule has 2 aromatic rings. The lowest BCUT2D eigenvalue weighted by atomic mass is 9.99. The summed E-state index contributed by atoms with van der Waals surface area (Å²) in [5.74, 6) is 0.999. The summed E-state index contributed by atoms with van der Waals surface area (Å²) in [6.45, 7) is 6.43. The first-order chi connectivity index (χ1) is 12.2. The Balaban J connectivity index is 0.000000316. The maximum absolute atomic E-state index is 9.20. The predicted molar refractivity (Wildman–Crippen MR) is 103 cm³/mol. The average molecular weight is 342 g/mol. The van der Waals surface area contributed by atoms with E-state index in [0.29, 0.717) is 6.54 Å². The molecule has 0 aliphatic carbocycles. The molecule has 25 heavy (non-hydrogen) atoms. The van der Waals surface area contributed by atoms with Crippen molar-refractivity contribution >= 4 is 0 Å². The van der Waals surface area contributed by atoms with Crippen LogP contribution in [0, 0.1) is 0 Å². The largest absolute Gasteiger partial charge is 0.496 e. The van der Waals surface area contributed by atoms with Crippen molar-refractivity contribution in [1.29, 1.82) is 0 Å². The van der Waals surface area contributed by atoms with Crippen molar-refractivity contribution in [2.45, 2.75) is 26.0 Å². The highest BCUT2D eigenvalue weighted by atomic mass is 16.5. The number of aliphatic hydroxyl groups is 1. The third-order valence-corrected chi connectivity index (χ3v) is 4.24. The molecule has 0 radical (unpaired) electrons. The highest BCUT2D eigenvalue weighted by molar-refractivity contribution is 5.41. The smallest absolute Gasteiger partial charge is 0.123 e. The van der Waals surface area contributed by atoms with E-state index in [1.165, 1.54) is 11.1 Å². The number of fused-ring (bicyclic) bond motifs is 1. The average Bonchev–Trinajstić information content (AvgIpc) is 2.66. The zero-order valence-electron chi connectivity index (χ0n) is 15.3. The van der Waals surface area contributed by atoms with Gasteiger partial charge in [0.15, 0.2) is 0 Å². The Bertz CT molecular complexity index is 561. The maximum atomic E-state index is 9.20. The molecule has 0 fully saturated rings. The number of hydrogen-bond acceptors (Lipinski definition) is 4. The molecule has 136 valence electrons. The van der Waals surface area contributed by atoms with Crippen LogP contribution in [0.25, 0.3) is 0 Å². The number of rotatable bonds is 6. The minimum atomic E-state index is -0.276. The van der Waals surface area contributed by atoms with Crippen molar-refractivity contribution < 1.29 is 9.84 Å². The molecule has 1 atom stereocenters. The molecule has 1 heterocycles. The molecular formula is C21H30N2O2. The molecule has 1 unspecified atom stereocenters. The minimum Gasteiger partial charge on any atom is -0.496 e. The molecule has 0 amide bonds. The summed E-state index contributed by atoms with van der Waals surface area (Å²) >= 11 is 0. The van der Waals surface area contributed by atoms with Crippen molar-refractivity contribution in [3.05, 3.63) is 65.7 Å². The molecule has 0 spiro atoms. The van der Waals surface area contributed by atoms with Crippen LogP contribution in [0.1, 0.15) is 18.1 Å². The summed E-state index contributed by atoms with van der Waals surface area (Å²) in [5, 5.41) is 12.5. The van der Waals surface area contributed by atoms with Gasteiger partial charge in [-0.1, -0.05) is 48.5 Å². The third kappa shape index (κ3) is 6.86. The van der Waals surface area contributed by atoms with Gasteiger partial charge in [-0.25, -0.2) is 0 Å². The summed E-state index contributed by atoms with van der Waals surface area (Å²) in [4.78, 5) is 2.43. The van der Waals surface area contributed by atoms with Gasteiger partial charge in [-0.05, 0) is 25.0 Å². The van der Waals surface area contributed by atoms with Gasteiger partial charge in [-0.2, -0.15) is 0 Å². The molecule has 4 heteroatoms. The fourth-order valence-corrected chi connectivity index (χ4v) is 2.92. The number of hydrogen-bond donors (Lipinski definition) is 2. The van der Waals surface area contributed by atoms with Gasteiger partial charge >= 0.3 is 0 Å². The van der Waals surface area contributed by atoms with Crippen LogP contribution in [0.5, 0.6) is 5.75 Å². The summed E-state index contributed by atoms with van der Waals surface area (Å²) in [6.07, 6.45) is 0.810. The van der Waals surface area contributed by atoms with Crippen LogP contribution in [0.3, 0.4) is 0 Å². The van der Waals surface area contributed by atoms with E-state index in [1.807, 2.05) is 42.5 Å².